The number of aryl methyl sites for hydroxylation is 1. The third-order valence-corrected chi connectivity index (χ3v) is 3.64. The van der Waals surface area contributed by atoms with Gasteiger partial charge in [0.1, 0.15) is 17.9 Å². The fourth-order valence-corrected chi connectivity index (χ4v) is 2.57. The topological polar surface area (TPSA) is 82.1 Å². The summed E-state index contributed by atoms with van der Waals surface area (Å²) in [7, 11) is 0. The van der Waals surface area contributed by atoms with Gasteiger partial charge in [-0.25, -0.2) is 4.68 Å². The molecular weight excluding hydrogens is 308 g/mol. The Labute approximate surface area is 138 Å². The smallest absolute Gasteiger partial charge is 0.262 e. The van der Waals surface area contributed by atoms with Gasteiger partial charge in [-0.1, -0.05) is 0 Å². The molecule has 1 N–H and O–H groups in total. The third kappa shape index (κ3) is 2.97. The van der Waals surface area contributed by atoms with Crippen LogP contribution in [0.15, 0.2) is 39.9 Å². The average molecular weight is 328 g/mol. The van der Waals surface area contributed by atoms with Crippen molar-refractivity contribution in [3.05, 3.63) is 46.7 Å². The molecule has 0 atom stereocenters. The van der Waals surface area contributed by atoms with Gasteiger partial charge in [-0.2, -0.15) is 5.10 Å². The van der Waals surface area contributed by atoms with Gasteiger partial charge >= 0.3 is 0 Å². The van der Waals surface area contributed by atoms with Crippen LogP contribution in [0.2, 0.25) is 0 Å². The van der Waals surface area contributed by atoms with E-state index >= 15 is 0 Å². The second-order valence-electron chi connectivity index (χ2n) is 6.75. The number of carbonyl (C=O) groups excluding carboxylic acids is 1. The number of fused-ring (bicyclic) bond motifs is 1. The van der Waals surface area contributed by atoms with Crippen LogP contribution in [0.4, 0.5) is 5.82 Å². The van der Waals surface area contributed by atoms with E-state index in [2.05, 4.69) is 10.4 Å². The van der Waals surface area contributed by atoms with Crippen LogP contribution in [0.1, 0.15) is 26.5 Å². The Morgan fingerprint density at radius 1 is 1.33 bits per heavy atom. The van der Waals surface area contributed by atoms with Crippen LogP contribution in [0.5, 0.6) is 0 Å². The van der Waals surface area contributed by atoms with Crippen LogP contribution in [0, 0.1) is 6.92 Å². The lowest BCUT2D eigenvalue weighted by atomic mass is 10.1. The van der Waals surface area contributed by atoms with Gasteiger partial charge in [0.2, 0.25) is 5.91 Å². The van der Waals surface area contributed by atoms with Crippen molar-refractivity contribution in [3.63, 3.8) is 0 Å². The number of furan rings is 1. The van der Waals surface area contributed by atoms with Crippen molar-refractivity contribution in [2.45, 2.75) is 39.8 Å². The number of nitrogens with zero attached hydrogens (tertiary/aromatic N) is 3. The first-order valence-corrected chi connectivity index (χ1v) is 7.69. The van der Waals surface area contributed by atoms with E-state index in [4.69, 9.17) is 4.42 Å². The van der Waals surface area contributed by atoms with Gasteiger partial charge in [-0.15, -0.1) is 0 Å². The van der Waals surface area contributed by atoms with Crippen LogP contribution in [-0.2, 0) is 16.9 Å². The van der Waals surface area contributed by atoms with Crippen molar-refractivity contribution in [3.8, 4) is 0 Å². The van der Waals surface area contributed by atoms with Gasteiger partial charge in [-0.3, -0.25) is 9.59 Å². The van der Waals surface area contributed by atoms with Crippen LogP contribution in [0.25, 0.3) is 11.0 Å². The van der Waals surface area contributed by atoms with Crippen molar-refractivity contribution in [2.75, 3.05) is 5.32 Å². The van der Waals surface area contributed by atoms with Gasteiger partial charge < -0.3 is 14.3 Å². The zero-order chi connectivity index (χ0) is 17.5. The maximum absolute atomic E-state index is 12.4. The van der Waals surface area contributed by atoms with E-state index < -0.39 is 0 Å². The molecule has 0 aliphatic rings. The highest BCUT2D eigenvalue weighted by Crippen LogP contribution is 2.21. The molecule has 7 nitrogen and oxygen atoms in total. The number of anilines is 1. The Balaban J connectivity index is 1.83. The Kier molecular flexibility index (Phi) is 3.79. The first-order chi connectivity index (χ1) is 11.3. The van der Waals surface area contributed by atoms with Crippen molar-refractivity contribution in [1.29, 1.82) is 0 Å². The lowest BCUT2D eigenvalue weighted by molar-refractivity contribution is -0.116. The molecule has 0 radical (unpaired) electrons. The maximum atomic E-state index is 12.4. The summed E-state index contributed by atoms with van der Waals surface area (Å²) in [4.78, 5) is 24.7. The molecule has 3 aromatic heterocycles. The van der Waals surface area contributed by atoms with E-state index in [-0.39, 0.29) is 23.6 Å². The minimum absolute atomic E-state index is 0.0751. The Morgan fingerprint density at radius 3 is 2.79 bits per heavy atom. The molecule has 0 saturated heterocycles. The minimum Gasteiger partial charge on any atom is -0.464 e. The van der Waals surface area contributed by atoms with E-state index in [0.717, 1.165) is 5.69 Å². The number of hydrogen-bond acceptors (Lipinski definition) is 4. The predicted octanol–water partition coefficient (Wildman–Crippen LogP) is 2.49. The summed E-state index contributed by atoms with van der Waals surface area (Å²) in [5, 5.41) is 7.71. The molecular formula is C17H20N4O3. The molecule has 0 unspecified atom stereocenters. The van der Waals surface area contributed by atoms with Crippen LogP contribution in [0.3, 0.4) is 0 Å². The summed E-state index contributed by atoms with van der Waals surface area (Å²) in [6.45, 7) is 7.81. The third-order valence-electron chi connectivity index (χ3n) is 3.64. The Morgan fingerprint density at radius 2 is 2.08 bits per heavy atom. The second-order valence-corrected chi connectivity index (χ2v) is 6.75. The molecule has 0 fully saturated rings. The molecule has 3 heterocycles. The van der Waals surface area contributed by atoms with Crippen molar-refractivity contribution in [2.24, 2.45) is 0 Å². The van der Waals surface area contributed by atoms with Crippen molar-refractivity contribution >= 4 is 22.7 Å². The molecule has 0 bridgehead atoms. The number of carbonyl (C=O) groups is 1. The Bertz CT molecular complexity index is 956. The van der Waals surface area contributed by atoms with E-state index in [0.29, 0.717) is 16.8 Å². The molecule has 0 saturated carbocycles. The van der Waals surface area contributed by atoms with Crippen LogP contribution < -0.4 is 10.9 Å². The average Bonchev–Trinajstić information content (AvgIpc) is 3.08. The number of amides is 1. The molecule has 126 valence electrons. The summed E-state index contributed by atoms with van der Waals surface area (Å²) in [6, 6.07) is 5.09. The molecule has 3 aromatic rings. The number of nitrogens with one attached hydrogen (secondary N) is 1. The van der Waals surface area contributed by atoms with E-state index in [1.807, 2.05) is 33.8 Å². The largest absolute Gasteiger partial charge is 0.464 e. The highest BCUT2D eigenvalue weighted by atomic mass is 16.3. The monoisotopic (exact) mass is 328 g/mol. The van der Waals surface area contributed by atoms with E-state index in [9.17, 15) is 9.59 Å². The number of rotatable bonds is 3. The van der Waals surface area contributed by atoms with Gasteiger partial charge in [0.25, 0.3) is 5.56 Å². The van der Waals surface area contributed by atoms with Crippen LogP contribution >= 0.6 is 0 Å². The fourth-order valence-electron chi connectivity index (χ4n) is 2.57. The van der Waals surface area contributed by atoms with Gasteiger partial charge in [0, 0.05) is 12.3 Å². The summed E-state index contributed by atoms with van der Waals surface area (Å²) in [5.74, 6) is 0.327. The summed E-state index contributed by atoms with van der Waals surface area (Å²) in [5.41, 5.74) is 0.816. The van der Waals surface area contributed by atoms with E-state index in [1.54, 1.807) is 23.0 Å². The minimum atomic E-state index is -0.287. The number of pyridine rings is 1. The summed E-state index contributed by atoms with van der Waals surface area (Å²) < 4.78 is 8.31. The standard InChI is InChI=1S/C17H20N4O3/c1-11-9-14(21(19-11)17(2,3)4)18-15(22)10-20-7-5-13-12(16(20)23)6-8-24-13/h5-9H,10H2,1-4H3,(H,18,22). The highest BCUT2D eigenvalue weighted by Gasteiger charge is 2.20. The van der Waals surface area contributed by atoms with Gasteiger partial charge in [0.05, 0.1) is 22.9 Å². The van der Waals surface area contributed by atoms with Crippen molar-refractivity contribution in [1.82, 2.24) is 14.3 Å². The van der Waals surface area contributed by atoms with Crippen molar-refractivity contribution < 1.29 is 9.21 Å². The zero-order valence-electron chi connectivity index (χ0n) is 14.2. The Hall–Kier alpha value is -2.83. The van der Waals surface area contributed by atoms with Crippen LogP contribution in [-0.4, -0.2) is 20.3 Å². The SMILES string of the molecule is Cc1cc(NC(=O)Cn2ccc3occc3c2=O)n(C(C)(C)C)n1. The van der Waals surface area contributed by atoms with E-state index in [1.165, 1.54) is 10.8 Å². The number of aromatic nitrogens is 3. The zero-order valence-corrected chi connectivity index (χ0v) is 14.2. The quantitative estimate of drug-likeness (QED) is 0.801. The lowest BCUT2D eigenvalue weighted by Gasteiger charge is -2.22. The first-order valence-electron chi connectivity index (χ1n) is 7.69. The number of hydrogen-bond donors (Lipinski definition) is 1. The molecule has 3 rings (SSSR count). The normalized spacial score (nSPS) is 11.8. The summed E-state index contributed by atoms with van der Waals surface area (Å²) >= 11 is 0. The molecule has 0 aromatic carbocycles. The molecule has 24 heavy (non-hydrogen) atoms. The molecule has 7 heteroatoms. The molecule has 0 spiro atoms. The molecule has 0 aliphatic carbocycles. The maximum Gasteiger partial charge on any atom is 0.262 e. The lowest BCUT2D eigenvalue weighted by Crippen LogP contribution is -2.30. The highest BCUT2D eigenvalue weighted by molar-refractivity contribution is 5.90. The molecule has 0 aliphatic heterocycles. The van der Waals surface area contributed by atoms with Gasteiger partial charge in [-0.05, 0) is 39.8 Å². The fraction of sp³-hybridized carbons (Fsp3) is 0.353. The summed E-state index contributed by atoms with van der Waals surface area (Å²) in [6.07, 6.45) is 3.02. The van der Waals surface area contributed by atoms with Gasteiger partial charge in [0.15, 0.2) is 0 Å². The predicted molar refractivity (Wildman–Crippen MR) is 91.1 cm³/mol. The second kappa shape index (κ2) is 5.67. The molecule has 1 amide bonds. The first kappa shape index (κ1) is 16.0.